The molecule has 1 heterocycles. The minimum Gasteiger partial charge on any atom is -0.285 e. The molecule has 5 aliphatic rings. The highest BCUT2D eigenvalue weighted by atomic mass is 32.2. The molecule has 4 fully saturated rings. The van der Waals surface area contributed by atoms with E-state index in [0.29, 0.717) is 0 Å². The number of carbonyl (C=O) groups excluding carboxylic acids is 1. The Kier molecular flexibility index (Phi) is 3.43. The lowest BCUT2D eigenvalue weighted by molar-refractivity contribution is -0.123. The fraction of sp³-hybridized carbons (Fsp3) is 0.875. The molecule has 0 saturated heterocycles. The number of hydrazine groups is 1. The van der Waals surface area contributed by atoms with Crippen molar-refractivity contribution in [2.24, 2.45) is 28.2 Å². The molecule has 1 unspecified atom stereocenters. The van der Waals surface area contributed by atoms with E-state index >= 15 is 0 Å². The average Bonchev–Trinajstić information content (AvgIpc) is 2.45. The number of carbonyl (C=O) groups is 1. The summed E-state index contributed by atoms with van der Waals surface area (Å²) < 4.78 is 0. The number of thioether (sulfide) groups is 1. The molecule has 1 aliphatic heterocycles. The lowest BCUT2D eigenvalue weighted by Crippen LogP contribution is -2.60. The summed E-state index contributed by atoms with van der Waals surface area (Å²) in [4.78, 5) is 16.9. The van der Waals surface area contributed by atoms with Crippen molar-refractivity contribution in [3.8, 4) is 0 Å². The van der Waals surface area contributed by atoms with Crippen LogP contribution in [-0.4, -0.2) is 29.8 Å². The molecule has 0 spiro atoms. The molecule has 0 aromatic rings. The van der Waals surface area contributed by atoms with Gasteiger partial charge in [0, 0.05) is 5.41 Å². The Balaban J connectivity index is 1.58. The second-order valence-corrected chi connectivity index (χ2v) is 8.57. The van der Waals surface area contributed by atoms with Gasteiger partial charge in [-0.25, -0.2) is 0 Å². The quantitative estimate of drug-likeness (QED) is 0.838. The van der Waals surface area contributed by atoms with Crippen LogP contribution in [0.2, 0.25) is 0 Å². The molecule has 5 rings (SSSR count). The van der Waals surface area contributed by atoms with Crippen LogP contribution in [0.1, 0.15) is 44.9 Å². The van der Waals surface area contributed by atoms with E-state index in [9.17, 15) is 4.79 Å². The van der Waals surface area contributed by atoms with Gasteiger partial charge in [0.2, 0.25) is 0 Å². The van der Waals surface area contributed by atoms with E-state index in [1.165, 1.54) is 38.5 Å². The number of nitrogens with one attached hydrogen (secondary N) is 2. The molecule has 4 bridgehead atoms. The summed E-state index contributed by atoms with van der Waals surface area (Å²) in [7, 11) is 0. The summed E-state index contributed by atoms with van der Waals surface area (Å²) in [5.41, 5.74) is 6.31. The van der Waals surface area contributed by atoms with Gasteiger partial charge >= 0.3 is 0 Å². The molecule has 2 N–H and O–H groups in total. The third kappa shape index (κ3) is 2.37. The Labute approximate surface area is 130 Å². The SMILES string of the molecule is CSCCC1N=C(C23CC4CC(CC(C4)C2)C3)NNC1=O. The van der Waals surface area contributed by atoms with Crippen LogP contribution in [0.25, 0.3) is 0 Å². The Hall–Kier alpha value is -0.710. The molecule has 116 valence electrons. The molecular formula is C16H25N3OS. The second-order valence-electron chi connectivity index (χ2n) is 7.59. The van der Waals surface area contributed by atoms with Crippen LogP contribution >= 0.6 is 11.8 Å². The third-order valence-electron chi connectivity index (χ3n) is 6.03. The standard InChI is InChI=1S/C16H25N3OS/c1-21-3-2-13-14(20)18-19-15(17-13)16-7-10-4-11(8-16)6-12(5-10)9-16/h10-13H,2-9H2,1H3,(H,17,19)(H,18,20). The molecule has 21 heavy (non-hydrogen) atoms. The Morgan fingerprint density at radius 1 is 1.14 bits per heavy atom. The molecule has 0 radical (unpaired) electrons. The molecule has 1 amide bonds. The van der Waals surface area contributed by atoms with Gasteiger partial charge in [-0.15, -0.1) is 0 Å². The molecular weight excluding hydrogens is 282 g/mol. The lowest BCUT2D eigenvalue weighted by Gasteiger charge is -2.57. The lowest BCUT2D eigenvalue weighted by atomic mass is 9.49. The zero-order valence-electron chi connectivity index (χ0n) is 12.7. The van der Waals surface area contributed by atoms with Crippen molar-refractivity contribution >= 4 is 23.5 Å². The van der Waals surface area contributed by atoms with Crippen LogP contribution in [0.4, 0.5) is 0 Å². The smallest absolute Gasteiger partial charge is 0.263 e. The van der Waals surface area contributed by atoms with Gasteiger partial charge in [-0.3, -0.25) is 20.6 Å². The number of hydrogen-bond acceptors (Lipinski definition) is 4. The minimum absolute atomic E-state index is 0.0394. The van der Waals surface area contributed by atoms with Crippen LogP contribution in [0.15, 0.2) is 4.99 Å². The Morgan fingerprint density at radius 2 is 1.76 bits per heavy atom. The summed E-state index contributed by atoms with van der Waals surface area (Å²) in [6, 6.07) is -0.179. The summed E-state index contributed by atoms with van der Waals surface area (Å²) in [5.74, 6) is 4.86. The topological polar surface area (TPSA) is 53.5 Å². The van der Waals surface area contributed by atoms with Gasteiger partial charge in [0.15, 0.2) is 0 Å². The monoisotopic (exact) mass is 307 g/mol. The number of rotatable bonds is 4. The maximum absolute atomic E-state index is 12.0. The summed E-state index contributed by atoms with van der Waals surface area (Å²) in [5, 5.41) is 0. The van der Waals surface area contributed by atoms with Crippen molar-refractivity contribution in [2.45, 2.75) is 51.0 Å². The van der Waals surface area contributed by atoms with Gasteiger partial charge in [0.25, 0.3) is 5.91 Å². The molecule has 4 nitrogen and oxygen atoms in total. The van der Waals surface area contributed by atoms with Gasteiger partial charge < -0.3 is 0 Å². The van der Waals surface area contributed by atoms with Crippen LogP contribution in [0.5, 0.6) is 0 Å². The minimum atomic E-state index is -0.179. The Bertz CT molecular complexity index is 441. The number of nitrogens with zero attached hydrogens (tertiary/aromatic N) is 1. The highest BCUT2D eigenvalue weighted by molar-refractivity contribution is 7.98. The van der Waals surface area contributed by atoms with Crippen molar-refractivity contribution in [1.29, 1.82) is 0 Å². The van der Waals surface area contributed by atoms with E-state index in [1.807, 2.05) is 0 Å². The van der Waals surface area contributed by atoms with E-state index in [0.717, 1.165) is 35.8 Å². The molecule has 5 heteroatoms. The number of amides is 1. The van der Waals surface area contributed by atoms with E-state index in [4.69, 9.17) is 4.99 Å². The zero-order valence-corrected chi connectivity index (χ0v) is 13.5. The highest BCUT2D eigenvalue weighted by Crippen LogP contribution is 2.60. The van der Waals surface area contributed by atoms with E-state index in [1.54, 1.807) is 11.8 Å². The Morgan fingerprint density at radius 3 is 2.33 bits per heavy atom. The van der Waals surface area contributed by atoms with Gasteiger partial charge in [-0.1, -0.05) is 0 Å². The van der Waals surface area contributed by atoms with Gasteiger partial charge in [0.05, 0.1) is 0 Å². The predicted octanol–water partition coefficient (Wildman–Crippen LogP) is 2.36. The van der Waals surface area contributed by atoms with Crippen LogP contribution in [0, 0.1) is 23.2 Å². The van der Waals surface area contributed by atoms with Crippen LogP contribution < -0.4 is 10.9 Å². The van der Waals surface area contributed by atoms with Crippen molar-refractivity contribution in [3.05, 3.63) is 0 Å². The largest absolute Gasteiger partial charge is 0.285 e. The molecule has 4 saturated carbocycles. The van der Waals surface area contributed by atoms with E-state index < -0.39 is 0 Å². The molecule has 1 atom stereocenters. The van der Waals surface area contributed by atoms with E-state index in [-0.39, 0.29) is 17.4 Å². The fourth-order valence-corrected chi connectivity index (χ4v) is 6.01. The van der Waals surface area contributed by atoms with Crippen LogP contribution in [-0.2, 0) is 4.79 Å². The van der Waals surface area contributed by atoms with Gasteiger partial charge in [-0.05, 0) is 74.7 Å². The van der Waals surface area contributed by atoms with Gasteiger partial charge in [-0.2, -0.15) is 11.8 Å². The average molecular weight is 307 g/mol. The number of amidine groups is 1. The first-order valence-corrected chi connectivity index (χ1v) is 9.71. The van der Waals surface area contributed by atoms with Crippen molar-refractivity contribution < 1.29 is 4.79 Å². The molecule has 0 aromatic heterocycles. The van der Waals surface area contributed by atoms with Crippen molar-refractivity contribution in [2.75, 3.05) is 12.0 Å². The first-order valence-electron chi connectivity index (χ1n) is 8.31. The first kappa shape index (κ1) is 13.9. The normalized spacial score (nSPS) is 44.2. The maximum atomic E-state index is 12.0. The number of aliphatic imine (C=N–C) groups is 1. The fourth-order valence-electron chi connectivity index (χ4n) is 5.55. The first-order chi connectivity index (χ1) is 10.2. The summed E-state index contributed by atoms with van der Waals surface area (Å²) in [6.45, 7) is 0. The zero-order chi connectivity index (χ0) is 14.4. The van der Waals surface area contributed by atoms with Crippen molar-refractivity contribution in [1.82, 2.24) is 10.9 Å². The van der Waals surface area contributed by atoms with Crippen molar-refractivity contribution in [3.63, 3.8) is 0 Å². The third-order valence-corrected chi connectivity index (χ3v) is 6.67. The van der Waals surface area contributed by atoms with Gasteiger partial charge in [0.1, 0.15) is 11.9 Å². The molecule has 0 aromatic carbocycles. The van der Waals surface area contributed by atoms with E-state index in [2.05, 4.69) is 17.1 Å². The summed E-state index contributed by atoms with van der Waals surface area (Å²) >= 11 is 1.79. The summed E-state index contributed by atoms with van der Waals surface area (Å²) in [6.07, 6.45) is 11.1. The predicted molar refractivity (Wildman–Crippen MR) is 86.1 cm³/mol. The number of hydrogen-bond donors (Lipinski definition) is 2. The highest BCUT2D eigenvalue weighted by Gasteiger charge is 2.54. The van der Waals surface area contributed by atoms with Crippen LogP contribution in [0.3, 0.4) is 0 Å². The maximum Gasteiger partial charge on any atom is 0.263 e. The second kappa shape index (κ2) is 5.18. The molecule has 4 aliphatic carbocycles.